The maximum absolute atomic E-state index is 14.9. The lowest BCUT2D eigenvalue weighted by atomic mass is 9.92. The van der Waals surface area contributed by atoms with Gasteiger partial charge in [0, 0.05) is 34.4 Å². The van der Waals surface area contributed by atoms with Gasteiger partial charge in [-0.1, -0.05) is 54.6 Å². The molecule has 4 nitrogen and oxygen atoms in total. The number of carbonyl (C=O) groups is 1. The van der Waals surface area contributed by atoms with E-state index in [9.17, 15) is 9.18 Å². The summed E-state index contributed by atoms with van der Waals surface area (Å²) in [6.45, 7) is 2.46. The van der Waals surface area contributed by atoms with Gasteiger partial charge in [-0.25, -0.2) is 9.18 Å². The summed E-state index contributed by atoms with van der Waals surface area (Å²) in [5.41, 5.74) is 5.27. The molecule has 0 unspecified atom stereocenters. The van der Waals surface area contributed by atoms with Gasteiger partial charge >= 0.3 is 6.03 Å². The number of aromatic amines is 1. The van der Waals surface area contributed by atoms with Gasteiger partial charge in [0.05, 0.1) is 0 Å². The highest BCUT2D eigenvalue weighted by molar-refractivity contribution is 5.92. The second kappa shape index (κ2) is 7.34. The van der Waals surface area contributed by atoms with Crippen LogP contribution in [-0.2, 0) is 6.42 Å². The summed E-state index contributed by atoms with van der Waals surface area (Å²) in [4.78, 5) is 18.5. The molecule has 30 heavy (non-hydrogen) atoms. The quantitative estimate of drug-likeness (QED) is 0.440. The van der Waals surface area contributed by atoms with Gasteiger partial charge in [-0.05, 0) is 42.7 Å². The molecule has 5 rings (SSSR count). The van der Waals surface area contributed by atoms with Crippen molar-refractivity contribution in [3.63, 3.8) is 0 Å². The van der Waals surface area contributed by atoms with Gasteiger partial charge in [0.1, 0.15) is 11.9 Å². The van der Waals surface area contributed by atoms with Crippen LogP contribution < -0.4 is 5.32 Å². The zero-order valence-electron chi connectivity index (χ0n) is 16.7. The molecule has 1 aromatic heterocycles. The number of urea groups is 1. The molecule has 0 aliphatic carbocycles. The number of aromatic nitrogens is 1. The Hall–Kier alpha value is -3.60. The molecule has 0 spiro atoms. The summed E-state index contributed by atoms with van der Waals surface area (Å²) in [5.74, 6) is -0.317. The third-order valence-corrected chi connectivity index (χ3v) is 5.88. The fourth-order valence-electron chi connectivity index (χ4n) is 4.38. The molecular weight excluding hydrogens is 377 g/mol. The minimum absolute atomic E-state index is 0.234. The number of carbonyl (C=O) groups excluding carboxylic acids is 1. The van der Waals surface area contributed by atoms with Crippen LogP contribution in [0.4, 0.5) is 14.9 Å². The largest absolute Gasteiger partial charge is 0.356 e. The van der Waals surface area contributed by atoms with Gasteiger partial charge < -0.3 is 15.2 Å². The Morgan fingerprint density at radius 2 is 1.77 bits per heavy atom. The van der Waals surface area contributed by atoms with Crippen molar-refractivity contribution >= 4 is 22.6 Å². The first-order valence-electron chi connectivity index (χ1n) is 10.1. The van der Waals surface area contributed by atoms with Crippen LogP contribution in [0.15, 0.2) is 72.8 Å². The van der Waals surface area contributed by atoms with Crippen LogP contribution in [0.3, 0.4) is 0 Å². The number of halogens is 1. The molecule has 1 aliphatic rings. The van der Waals surface area contributed by atoms with Gasteiger partial charge in [-0.3, -0.25) is 0 Å². The Balaban J connectivity index is 1.61. The number of H-pyrrole nitrogens is 1. The predicted octanol–water partition coefficient (Wildman–Crippen LogP) is 5.80. The second-order valence-corrected chi connectivity index (χ2v) is 7.68. The standard InChI is InChI=1S/C25H22FN3O/c1-16-8-2-6-12-21(16)28-25(30)29-15-14-18-17-9-4-7-13-22(17)27-23(18)24(29)19-10-3-5-11-20(19)26/h2-13,24,27H,14-15H2,1H3,(H,28,30)/t24-/m1/s1. The SMILES string of the molecule is Cc1ccccc1NC(=O)N1CCc2c([nH]c3ccccc23)[C@H]1c1ccccc1F. The molecule has 1 aliphatic heterocycles. The third-order valence-electron chi connectivity index (χ3n) is 5.88. The Morgan fingerprint density at radius 3 is 2.60 bits per heavy atom. The van der Waals surface area contributed by atoms with Gasteiger partial charge in [0.2, 0.25) is 0 Å². The van der Waals surface area contributed by atoms with Gasteiger partial charge in [0.25, 0.3) is 0 Å². The first kappa shape index (κ1) is 18.4. The molecule has 0 saturated heterocycles. The third kappa shape index (κ3) is 3.03. The van der Waals surface area contributed by atoms with Crippen LogP contribution >= 0.6 is 0 Å². The van der Waals surface area contributed by atoms with E-state index in [0.717, 1.165) is 33.4 Å². The van der Waals surface area contributed by atoms with Crippen LogP contribution in [0.5, 0.6) is 0 Å². The molecule has 0 bridgehead atoms. The molecule has 3 aromatic carbocycles. The summed E-state index contributed by atoms with van der Waals surface area (Å²) >= 11 is 0. The molecule has 4 aromatic rings. The molecular formula is C25H22FN3O. The fraction of sp³-hybridized carbons (Fsp3) is 0.160. The number of benzene rings is 3. The highest BCUT2D eigenvalue weighted by Crippen LogP contribution is 2.39. The van der Waals surface area contributed by atoms with Crippen LogP contribution in [0.1, 0.15) is 28.4 Å². The Morgan fingerprint density at radius 1 is 1.03 bits per heavy atom. The average molecular weight is 399 g/mol. The van der Waals surface area contributed by atoms with Crippen LogP contribution in [-0.4, -0.2) is 22.5 Å². The Kier molecular flexibility index (Phi) is 4.51. The van der Waals surface area contributed by atoms with E-state index in [0.29, 0.717) is 18.5 Å². The highest BCUT2D eigenvalue weighted by Gasteiger charge is 2.36. The molecule has 0 saturated carbocycles. The second-order valence-electron chi connectivity index (χ2n) is 7.68. The zero-order chi connectivity index (χ0) is 20.7. The van der Waals surface area contributed by atoms with Gasteiger partial charge in [-0.2, -0.15) is 0 Å². The summed E-state index contributed by atoms with van der Waals surface area (Å²) < 4.78 is 14.9. The number of hydrogen-bond acceptors (Lipinski definition) is 1. The number of nitrogens with one attached hydrogen (secondary N) is 2. The van der Waals surface area contributed by atoms with E-state index in [1.165, 1.54) is 6.07 Å². The van der Waals surface area contributed by atoms with Crippen molar-refractivity contribution in [3.05, 3.63) is 101 Å². The number of fused-ring (bicyclic) bond motifs is 3. The van der Waals surface area contributed by atoms with Crippen molar-refractivity contribution in [1.82, 2.24) is 9.88 Å². The van der Waals surface area contributed by atoms with Crippen molar-refractivity contribution in [1.29, 1.82) is 0 Å². The first-order chi connectivity index (χ1) is 14.6. The number of nitrogens with zero attached hydrogens (tertiary/aromatic N) is 1. The van der Waals surface area contributed by atoms with E-state index >= 15 is 0 Å². The molecule has 0 fully saturated rings. The van der Waals surface area contributed by atoms with E-state index in [-0.39, 0.29) is 11.8 Å². The maximum Gasteiger partial charge on any atom is 0.322 e. The minimum Gasteiger partial charge on any atom is -0.356 e. The number of hydrogen-bond donors (Lipinski definition) is 2. The smallest absolute Gasteiger partial charge is 0.322 e. The summed E-state index contributed by atoms with van der Waals surface area (Å²) in [5, 5.41) is 4.15. The van der Waals surface area contributed by atoms with Crippen LogP contribution in [0.2, 0.25) is 0 Å². The number of amides is 2. The molecule has 2 N–H and O–H groups in total. The molecule has 5 heteroatoms. The molecule has 2 amide bonds. The number of aryl methyl sites for hydroxylation is 1. The van der Waals surface area contributed by atoms with Crippen LogP contribution in [0, 0.1) is 12.7 Å². The highest BCUT2D eigenvalue weighted by atomic mass is 19.1. The number of para-hydroxylation sites is 2. The molecule has 0 radical (unpaired) electrons. The van der Waals surface area contributed by atoms with E-state index in [2.05, 4.69) is 16.4 Å². The molecule has 2 heterocycles. The van der Waals surface area contributed by atoms with Gasteiger partial charge in [-0.15, -0.1) is 0 Å². The monoisotopic (exact) mass is 399 g/mol. The maximum atomic E-state index is 14.9. The average Bonchev–Trinajstić information content (AvgIpc) is 3.14. The summed E-state index contributed by atoms with van der Waals surface area (Å²) in [7, 11) is 0. The minimum atomic E-state index is -0.522. The number of rotatable bonds is 2. The van der Waals surface area contributed by atoms with E-state index in [4.69, 9.17) is 0 Å². The van der Waals surface area contributed by atoms with Crippen molar-refractivity contribution in [2.45, 2.75) is 19.4 Å². The molecule has 150 valence electrons. The van der Waals surface area contributed by atoms with Crippen molar-refractivity contribution in [3.8, 4) is 0 Å². The Bertz CT molecular complexity index is 1250. The summed E-state index contributed by atoms with van der Waals surface area (Å²) in [6, 6.07) is 21.7. The molecule has 1 atom stereocenters. The zero-order valence-corrected chi connectivity index (χ0v) is 16.7. The lowest BCUT2D eigenvalue weighted by Crippen LogP contribution is -2.43. The van der Waals surface area contributed by atoms with E-state index < -0.39 is 6.04 Å². The fourth-order valence-corrected chi connectivity index (χ4v) is 4.38. The lowest BCUT2D eigenvalue weighted by molar-refractivity contribution is 0.192. The first-order valence-corrected chi connectivity index (χ1v) is 10.1. The summed E-state index contributed by atoms with van der Waals surface area (Å²) in [6.07, 6.45) is 0.714. The number of anilines is 1. The van der Waals surface area contributed by atoms with Gasteiger partial charge in [0.15, 0.2) is 0 Å². The van der Waals surface area contributed by atoms with Crippen molar-refractivity contribution in [2.75, 3.05) is 11.9 Å². The van der Waals surface area contributed by atoms with Crippen molar-refractivity contribution < 1.29 is 9.18 Å². The van der Waals surface area contributed by atoms with E-state index in [1.54, 1.807) is 17.0 Å². The normalized spacial score (nSPS) is 15.8. The Labute approximate surface area is 174 Å². The topological polar surface area (TPSA) is 48.1 Å². The lowest BCUT2D eigenvalue weighted by Gasteiger charge is -2.36. The predicted molar refractivity (Wildman–Crippen MR) is 117 cm³/mol. The van der Waals surface area contributed by atoms with E-state index in [1.807, 2.05) is 55.5 Å². The van der Waals surface area contributed by atoms with Crippen LogP contribution in [0.25, 0.3) is 10.9 Å². The van der Waals surface area contributed by atoms with Crippen molar-refractivity contribution in [2.24, 2.45) is 0 Å².